The van der Waals surface area contributed by atoms with Gasteiger partial charge in [0.15, 0.2) is 0 Å². The topological polar surface area (TPSA) is 32.3 Å². The average molecular weight is 520 g/mol. The highest BCUT2D eigenvalue weighted by Crippen LogP contribution is 2.44. The number of nitrogens with one attached hydrogen (secondary N) is 1. The molecule has 0 heterocycles. The molecule has 0 spiro atoms. The summed E-state index contributed by atoms with van der Waals surface area (Å²) in [4.78, 5) is 15.4. The SMILES string of the molecule is CNc1ccc(Cl)cc1C(=O)N(CCc1ccc(Cl)c(Cl)c1)Cc1ccc(C2(F)CCC2)cc1. The van der Waals surface area contributed by atoms with Gasteiger partial charge in [-0.25, -0.2) is 4.39 Å². The molecule has 0 unspecified atom stereocenters. The van der Waals surface area contributed by atoms with Crippen molar-refractivity contribution in [1.82, 2.24) is 4.90 Å². The summed E-state index contributed by atoms with van der Waals surface area (Å²) in [5.74, 6) is -0.142. The minimum Gasteiger partial charge on any atom is -0.387 e. The number of alkyl halides is 1. The smallest absolute Gasteiger partial charge is 0.256 e. The zero-order valence-electron chi connectivity index (χ0n) is 18.9. The van der Waals surface area contributed by atoms with Gasteiger partial charge in [0, 0.05) is 30.8 Å². The van der Waals surface area contributed by atoms with E-state index in [-0.39, 0.29) is 5.91 Å². The molecule has 7 heteroatoms. The Morgan fingerprint density at radius 1 is 0.971 bits per heavy atom. The Kier molecular flexibility index (Phi) is 7.71. The van der Waals surface area contributed by atoms with Crippen molar-refractivity contribution in [3.05, 3.63) is 98.0 Å². The van der Waals surface area contributed by atoms with Crippen molar-refractivity contribution in [1.29, 1.82) is 0 Å². The third kappa shape index (κ3) is 5.51. The quantitative estimate of drug-likeness (QED) is 0.328. The molecule has 0 aromatic heterocycles. The van der Waals surface area contributed by atoms with Gasteiger partial charge in [-0.05, 0) is 72.7 Å². The fraction of sp³-hybridized carbons (Fsp3) is 0.296. The number of halogens is 4. The van der Waals surface area contributed by atoms with Gasteiger partial charge in [0.1, 0.15) is 5.67 Å². The summed E-state index contributed by atoms with van der Waals surface area (Å²) in [6, 6.07) is 18.2. The molecule has 0 aliphatic heterocycles. The van der Waals surface area contributed by atoms with Gasteiger partial charge in [-0.15, -0.1) is 0 Å². The number of benzene rings is 3. The van der Waals surface area contributed by atoms with Gasteiger partial charge in [-0.1, -0.05) is 65.1 Å². The maximum atomic E-state index is 14.8. The first-order chi connectivity index (χ1) is 16.3. The van der Waals surface area contributed by atoms with Gasteiger partial charge in [0.2, 0.25) is 0 Å². The zero-order chi connectivity index (χ0) is 24.3. The van der Waals surface area contributed by atoms with E-state index in [2.05, 4.69) is 5.32 Å². The molecule has 1 N–H and O–H groups in total. The van der Waals surface area contributed by atoms with Crippen LogP contribution in [0, 0.1) is 0 Å². The van der Waals surface area contributed by atoms with Crippen LogP contribution in [0.5, 0.6) is 0 Å². The lowest BCUT2D eigenvalue weighted by Gasteiger charge is -2.34. The number of anilines is 1. The van der Waals surface area contributed by atoms with Crippen LogP contribution < -0.4 is 5.32 Å². The molecule has 1 amide bonds. The predicted molar refractivity (Wildman–Crippen MR) is 139 cm³/mol. The van der Waals surface area contributed by atoms with E-state index in [0.29, 0.717) is 64.2 Å². The molecule has 0 saturated heterocycles. The highest BCUT2D eigenvalue weighted by molar-refractivity contribution is 6.42. The molecule has 0 radical (unpaired) electrons. The van der Waals surface area contributed by atoms with Crippen LogP contribution in [0.25, 0.3) is 0 Å². The van der Waals surface area contributed by atoms with E-state index in [1.165, 1.54) is 0 Å². The van der Waals surface area contributed by atoms with Crippen molar-refractivity contribution < 1.29 is 9.18 Å². The minimum absolute atomic E-state index is 0.142. The fourth-order valence-corrected chi connectivity index (χ4v) is 4.69. The summed E-state index contributed by atoms with van der Waals surface area (Å²) in [7, 11) is 1.77. The molecular formula is C27H26Cl3FN2O. The van der Waals surface area contributed by atoms with Crippen LogP contribution in [-0.2, 0) is 18.6 Å². The monoisotopic (exact) mass is 518 g/mol. The van der Waals surface area contributed by atoms with E-state index < -0.39 is 5.67 Å². The van der Waals surface area contributed by atoms with Gasteiger partial charge in [-0.2, -0.15) is 0 Å². The molecule has 34 heavy (non-hydrogen) atoms. The zero-order valence-corrected chi connectivity index (χ0v) is 21.2. The fourth-order valence-electron chi connectivity index (χ4n) is 4.20. The van der Waals surface area contributed by atoms with Crippen LogP contribution in [0.15, 0.2) is 60.7 Å². The number of carbonyl (C=O) groups excluding carboxylic acids is 1. The normalized spacial score (nSPS) is 14.4. The number of hydrogen-bond acceptors (Lipinski definition) is 2. The van der Waals surface area contributed by atoms with Gasteiger partial charge < -0.3 is 10.2 Å². The lowest BCUT2D eigenvalue weighted by molar-refractivity contribution is 0.0608. The summed E-state index contributed by atoms with van der Waals surface area (Å²) in [5, 5.41) is 4.53. The number of nitrogens with zero attached hydrogens (tertiary/aromatic N) is 1. The van der Waals surface area contributed by atoms with Crippen molar-refractivity contribution in [3.8, 4) is 0 Å². The van der Waals surface area contributed by atoms with Crippen molar-refractivity contribution >= 4 is 46.4 Å². The Balaban J connectivity index is 1.58. The highest BCUT2D eigenvalue weighted by Gasteiger charge is 2.38. The van der Waals surface area contributed by atoms with E-state index in [4.69, 9.17) is 34.8 Å². The molecule has 1 aliphatic rings. The standard InChI is InChI=1S/C27H26Cl3FN2O/c1-32-25-10-8-21(28)16-22(25)26(34)33(14-11-18-5-9-23(29)24(30)15-18)17-19-3-6-20(7-4-19)27(31)12-2-13-27/h3-10,15-16,32H,2,11-14,17H2,1H3. The van der Waals surface area contributed by atoms with Crippen molar-refractivity contribution in [2.24, 2.45) is 0 Å². The molecule has 0 atom stereocenters. The first kappa shape index (κ1) is 24.8. The maximum Gasteiger partial charge on any atom is 0.256 e. The molecule has 1 saturated carbocycles. The predicted octanol–water partition coefficient (Wildman–Crippen LogP) is 7.92. The average Bonchev–Trinajstić information content (AvgIpc) is 2.82. The Labute approximate surface area is 214 Å². The molecule has 1 fully saturated rings. The van der Waals surface area contributed by atoms with Crippen molar-refractivity contribution in [2.45, 2.75) is 37.9 Å². The van der Waals surface area contributed by atoms with Crippen molar-refractivity contribution in [3.63, 3.8) is 0 Å². The molecule has 3 aromatic carbocycles. The Morgan fingerprint density at radius 2 is 1.68 bits per heavy atom. The third-order valence-electron chi connectivity index (χ3n) is 6.41. The number of rotatable bonds is 8. The second-order valence-corrected chi connectivity index (χ2v) is 9.93. The molecule has 3 aromatic rings. The second-order valence-electron chi connectivity index (χ2n) is 8.68. The first-order valence-electron chi connectivity index (χ1n) is 11.3. The first-order valence-corrected chi connectivity index (χ1v) is 12.4. The van der Waals surface area contributed by atoms with E-state index in [0.717, 1.165) is 17.5 Å². The molecule has 0 bridgehead atoms. The van der Waals surface area contributed by atoms with Crippen LogP contribution in [0.1, 0.15) is 46.3 Å². The van der Waals surface area contributed by atoms with E-state index in [1.807, 2.05) is 36.4 Å². The van der Waals surface area contributed by atoms with Gasteiger partial charge in [-0.3, -0.25) is 4.79 Å². The van der Waals surface area contributed by atoms with Crippen LogP contribution in [0.4, 0.5) is 10.1 Å². The third-order valence-corrected chi connectivity index (χ3v) is 7.39. The van der Waals surface area contributed by atoms with Crippen LogP contribution in [0.2, 0.25) is 15.1 Å². The lowest BCUT2D eigenvalue weighted by atomic mass is 9.77. The summed E-state index contributed by atoms with van der Waals surface area (Å²) in [6.07, 6.45) is 2.66. The van der Waals surface area contributed by atoms with Gasteiger partial charge >= 0.3 is 0 Å². The number of amides is 1. The van der Waals surface area contributed by atoms with Crippen LogP contribution >= 0.6 is 34.8 Å². The number of hydrogen-bond donors (Lipinski definition) is 1. The highest BCUT2D eigenvalue weighted by atomic mass is 35.5. The Hall–Kier alpha value is -2.27. The van der Waals surface area contributed by atoms with Gasteiger partial charge in [0.05, 0.1) is 15.6 Å². The Morgan fingerprint density at radius 3 is 2.29 bits per heavy atom. The molecule has 3 nitrogen and oxygen atoms in total. The van der Waals surface area contributed by atoms with E-state index in [9.17, 15) is 9.18 Å². The largest absolute Gasteiger partial charge is 0.387 e. The summed E-state index contributed by atoms with van der Waals surface area (Å²) >= 11 is 18.4. The van der Waals surface area contributed by atoms with Crippen LogP contribution in [-0.4, -0.2) is 24.4 Å². The molecule has 178 valence electrons. The van der Waals surface area contributed by atoms with Crippen molar-refractivity contribution in [2.75, 3.05) is 18.9 Å². The second kappa shape index (κ2) is 10.6. The summed E-state index contributed by atoms with van der Waals surface area (Å²) in [5.41, 5.74) is 2.62. The van der Waals surface area contributed by atoms with E-state index in [1.54, 1.807) is 36.2 Å². The minimum atomic E-state index is -1.20. The van der Waals surface area contributed by atoms with E-state index >= 15 is 0 Å². The Bertz CT molecular complexity index is 1180. The van der Waals surface area contributed by atoms with Crippen LogP contribution in [0.3, 0.4) is 0 Å². The molecular weight excluding hydrogens is 494 g/mol. The summed E-state index contributed by atoms with van der Waals surface area (Å²) in [6.45, 7) is 0.844. The number of carbonyl (C=O) groups is 1. The maximum absolute atomic E-state index is 14.8. The molecule has 1 aliphatic carbocycles. The van der Waals surface area contributed by atoms with Gasteiger partial charge in [0.25, 0.3) is 5.91 Å². The molecule has 4 rings (SSSR count). The lowest BCUT2D eigenvalue weighted by Crippen LogP contribution is -2.33. The summed E-state index contributed by atoms with van der Waals surface area (Å²) < 4.78 is 14.8.